The SMILES string of the molecule is CCC(COS)=C(C)C(=O)O. The maximum atomic E-state index is 10.4. The van der Waals surface area contributed by atoms with E-state index < -0.39 is 5.97 Å². The fraction of sp³-hybridized carbons (Fsp3) is 0.571. The molecule has 0 aliphatic heterocycles. The monoisotopic (exact) mass is 176 g/mol. The van der Waals surface area contributed by atoms with Crippen LogP contribution >= 0.6 is 12.9 Å². The molecule has 0 amide bonds. The third kappa shape index (κ3) is 3.43. The molecule has 64 valence electrons. The number of carbonyl (C=O) groups is 1. The highest BCUT2D eigenvalue weighted by Crippen LogP contribution is 2.09. The van der Waals surface area contributed by atoms with Gasteiger partial charge >= 0.3 is 5.97 Å². The molecule has 0 bridgehead atoms. The largest absolute Gasteiger partial charge is 0.478 e. The number of hydrogen-bond donors (Lipinski definition) is 2. The predicted molar refractivity (Wildman–Crippen MR) is 45.6 cm³/mol. The number of thiol groups is 1. The molecule has 4 heteroatoms. The van der Waals surface area contributed by atoms with Crippen molar-refractivity contribution >= 4 is 18.9 Å². The molecule has 0 spiro atoms. The van der Waals surface area contributed by atoms with E-state index in [-0.39, 0.29) is 6.61 Å². The number of carboxylic acid groups (broad SMARTS) is 1. The summed E-state index contributed by atoms with van der Waals surface area (Å²) in [7, 11) is 0. The molecule has 0 rings (SSSR count). The van der Waals surface area contributed by atoms with Crippen LogP contribution in [0.1, 0.15) is 20.3 Å². The Kier molecular flexibility index (Phi) is 4.98. The summed E-state index contributed by atoms with van der Waals surface area (Å²) in [4.78, 5) is 10.4. The zero-order chi connectivity index (χ0) is 8.85. The lowest BCUT2D eigenvalue weighted by molar-refractivity contribution is -0.132. The molecule has 1 N–H and O–H groups in total. The fourth-order valence-corrected chi connectivity index (χ4v) is 0.860. The van der Waals surface area contributed by atoms with Crippen molar-refractivity contribution in [1.29, 1.82) is 0 Å². The Morgan fingerprint density at radius 1 is 1.64 bits per heavy atom. The fourth-order valence-electron chi connectivity index (χ4n) is 0.705. The van der Waals surface area contributed by atoms with Gasteiger partial charge in [0.2, 0.25) is 0 Å². The van der Waals surface area contributed by atoms with Gasteiger partial charge in [0.1, 0.15) is 0 Å². The molecule has 0 fully saturated rings. The van der Waals surface area contributed by atoms with E-state index in [0.717, 1.165) is 5.57 Å². The molecule has 0 saturated carbocycles. The Morgan fingerprint density at radius 2 is 2.18 bits per heavy atom. The summed E-state index contributed by atoms with van der Waals surface area (Å²) in [6.07, 6.45) is 0.679. The van der Waals surface area contributed by atoms with Gasteiger partial charge in [-0.2, -0.15) is 0 Å². The third-order valence-electron chi connectivity index (χ3n) is 1.52. The number of aliphatic carboxylic acids is 1. The molecule has 0 aromatic heterocycles. The molecule has 0 aromatic rings. The Hall–Kier alpha value is -0.480. The normalized spacial score (nSPS) is 12.6. The minimum absolute atomic E-state index is 0.276. The van der Waals surface area contributed by atoms with Gasteiger partial charge in [0.15, 0.2) is 0 Å². The number of rotatable bonds is 4. The Morgan fingerprint density at radius 3 is 2.45 bits per heavy atom. The van der Waals surface area contributed by atoms with Crippen LogP contribution in [-0.2, 0) is 8.98 Å². The zero-order valence-corrected chi connectivity index (χ0v) is 7.52. The molecule has 3 nitrogen and oxygen atoms in total. The predicted octanol–water partition coefficient (Wildman–Crippen LogP) is 1.66. The molecule has 0 aliphatic rings. The van der Waals surface area contributed by atoms with Crippen molar-refractivity contribution in [3.05, 3.63) is 11.1 Å². The Labute approximate surface area is 71.7 Å². The van der Waals surface area contributed by atoms with Gasteiger partial charge in [-0.3, -0.25) is 0 Å². The summed E-state index contributed by atoms with van der Waals surface area (Å²) >= 11 is 3.55. The van der Waals surface area contributed by atoms with Crippen LogP contribution in [0.4, 0.5) is 0 Å². The van der Waals surface area contributed by atoms with E-state index in [1.54, 1.807) is 6.92 Å². The first-order chi connectivity index (χ1) is 5.13. The van der Waals surface area contributed by atoms with Crippen molar-refractivity contribution in [2.45, 2.75) is 20.3 Å². The van der Waals surface area contributed by atoms with E-state index >= 15 is 0 Å². The summed E-state index contributed by atoms with van der Waals surface area (Å²) < 4.78 is 4.54. The van der Waals surface area contributed by atoms with Gasteiger partial charge in [0.25, 0.3) is 0 Å². The van der Waals surface area contributed by atoms with Gasteiger partial charge in [0.05, 0.1) is 6.61 Å². The van der Waals surface area contributed by atoms with Crippen molar-refractivity contribution in [3.8, 4) is 0 Å². The summed E-state index contributed by atoms with van der Waals surface area (Å²) in [5.41, 5.74) is 1.12. The molecular weight excluding hydrogens is 164 g/mol. The van der Waals surface area contributed by atoms with E-state index in [0.29, 0.717) is 12.0 Å². The van der Waals surface area contributed by atoms with Crippen LogP contribution in [0.2, 0.25) is 0 Å². The second-order valence-corrected chi connectivity index (χ2v) is 2.42. The van der Waals surface area contributed by atoms with Gasteiger partial charge in [-0.1, -0.05) is 6.92 Å². The maximum absolute atomic E-state index is 10.4. The lowest BCUT2D eigenvalue weighted by Crippen LogP contribution is -2.03. The van der Waals surface area contributed by atoms with Crippen molar-refractivity contribution in [2.24, 2.45) is 0 Å². The minimum atomic E-state index is -0.896. The first-order valence-corrected chi connectivity index (χ1v) is 3.68. The molecule has 11 heavy (non-hydrogen) atoms. The van der Waals surface area contributed by atoms with Gasteiger partial charge in [-0.25, -0.2) is 4.79 Å². The lowest BCUT2D eigenvalue weighted by Gasteiger charge is -2.04. The Balaban J connectivity index is 4.39. The minimum Gasteiger partial charge on any atom is -0.478 e. The first kappa shape index (κ1) is 10.5. The van der Waals surface area contributed by atoms with E-state index in [4.69, 9.17) is 5.11 Å². The molecule has 0 heterocycles. The highest BCUT2D eigenvalue weighted by atomic mass is 32.1. The smallest absolute Gasteiger partial charge is 0.331 e. The van der Waals surface area contributed by atoms with Crippen molar-refractivity contribution in [1.82, 2.24) is 0 Å². The quantitative estimate of drug-likeness (QED) is 0.389. The van der Waals surface area contributed by atoms with Crippen molar-refractivity contribution in [3.63, 3.8) is 0 Å². The second-order valence-electron chi connectivity index (χ2n) is 2.16. The van der Waals surface area contributed by atoms with E-state index in [1.807, 2.05) is 6.92 Å². The average molecular weight is 176 g/mol. The third-order valence-corrected chi connectivity index (χ3v) is 1.65. The van der Waals surface area contributed by atoms with Gasteiger partial charge in [-0.15, -0.1) is 0 Å². The van der Waals surface area contributed by atoms with E-state index in [2.05, 4.69) is 17.1 Å². The van der Waals surface area contributed by atoms with E-state index in [1.165, 1.54) is 0 Å². The zero-order valence-electron chi connectivity index (χ0n) is 6.63. The van der Waals surface area contributed by atoms with Crippen LogP contribution in [0.3, 0.4) is 0 Å². The molecule has 0 radical (unpaired) electrons. The van der Waals surface area contributed by atoms with Gasteiger partial charge in [0, 0.05) is 5.57 Å². The van der Waals surface area contributed by atoms with Crippen molar-refractivity contribution < 1.29 is 14.1 Å². The average Bonchev–Trinajstić information content (AvgIpc) is 1.98. The molecule has 0 unspecified atom stereocenters. The summed E-state index contributed by atoms with van der Waals surface area (Å²) in [6.45, 7) is 3.72. The molecular formula is C7H12O3S. The second kappa shape index (κ2) is 5.21. The first-order valence-electron chi connectivity index (χ1n) is 3.31. The molecule has 0 atom stereocenters. The van der Waals surface area contributed by atoms with Crippen LogP contribution in [0.15, 0.2) is 11.1 Å². The van der Waals surface area contributed by atoms with Crippen LogP contribution < -0.4 is 0 Å². The van der Waals surface area contributed by atoms with Crippen molar-refractivity contribution in [2.75, 3.05) is 6.61 Å². The molecule has 0 aliphatic carbocycles. The highest BCUT2D eigenvalue weighted by Gasteiger charge is 2.06. The lowest BCUT2D eigenvalue weighted by atomic mass is 10.1. The topological polar surface area (TPSA) is 46.5 Å². The molecule has 0 saturated heterocycles. The Bertz CT molecular complexity index is 175. The standard InChI is InChI=1S/C7H12O3S/c1-3-6(4-10-11)5(2)7(8)9/h11H,3-4H2,1-2H3,(H,8,9). The van der Waals surface area contributed by atoms with Gasteiger partial charge in [-0.05, 0) is 31.8 Å². The maximum Gasteiger partial charge on any atom is 0.331 e. The van der Waals surface area contributed by atoms with Crippen LogP contribution in [0.25, 0.3) is 0 Å². The summed E-state index contributed by atoms with van der Waals surface area (Å²) in [5, 5.41) is 8.57. The number of carboxylic acids is 1. The number of hydrogen-bond acceptors (Lipinski definition) is 3. The van der Waals surface area contributed by atoms with Crippen LogP contribution in [0.5, 0.6) is 0 Å². The highest BCUT2D eigenvalue weighted by molar-refractivity contribution is 7.75. The molecule has 0 aromatic carbocycles. The van der Waals surface area contributed by atoms with E-state index in [9.17, 15) is 4.79 Å². The van der Waals surface area contributed by atoms with Gasteiger partial charge < -0.3 is 9.29 Å². The van der Waals surface area contributed by atoms with Crippen LogP contribution in [0, 0.1) is 0 Å². The summed E-state index contributed by atoms with van der Waals surface area (Å²) in [5.74, 6) is -0.896. The summed E-state index contributed by atoms with van der Waals surface area (Å²) in [6, 6.07) is 0. The van der Waals surface area contributed by atoms with Crippen LogP contribution in [-0.4, -0.2) is 17.7 Å².